The van der Waals surface area contributed by atoms with Gasteiger partial charge in [-0.2, -0.15) is 0 Å². The Labute approximate surface area is 88.1 Å². The number of amides is 1. The van der Waals surface area contributed by atoms with Gasteiger partial charge in [-0.25, -0.2) is 0 Å². The largest absolute Gasteiger partial charge is 0.481 e. The summed E-state index contributed by atoms with van der Waals surface area (Å²) in [7, 11) is 0. The topological polar surface area (TPSA) is 74.7 Å². The van der Waals surface area contributed by atoms with Crippen LogP contribution in [0.2, 0.25) is 0 Å². The zero-order chi connectivity index (χ0) is 11.4. The van der Waals surface area contributed by atoms with Crippen LogP contribution in [0.4, 0.5) is 0 Å². The lowest BCUT2D eigenvalue weighted by Crippen LogP contribution is -2.42. The van der Waals surface area contributed by atoms with Crippen molar-refractivity contribution in [2.75, 3.05) is 13.1 Å². The fraction of sp³-hybridized carbons (Fsp3) is 0.700. The van der Waals surface area contributed by atoms with E-state index in [-0.39, 0.29) is 24.7 Å². The predicted molar refractivity (Wildman–Crippen MR) is 52.2 cm³/mol. The molecule has 15 heavy (non-hydrogen) atoms. The molecule has 5 heteroatoms. The SMILES string of the molecule is CC(=O)CC(=O)N1CCCC(C(=O)O)C1. The third-order valence-corrected chi connectivity index (χ3v) is 2.52. The van der Waals surface area contributed by atoms with Crippen molar-refractivity contribution in [3.8, 4) is 0 Å². The molecular formula is C10H15NO4. The second kappa shape index (κ2) is 4.91. The summed E-state index contributed by atoms with van der Waals surface area (Å²) in [6.45, 7) is 2.16. The highest BCUT2D eigenvalue weighted by molar-refractivity contribution is 5.96. The number of ketones is 1. The minimum absolute atomic E-state index is 0.119. The molecule has 0 aromatic heterocycles. The molecule has 0 saturated carbocycles. The lowest BCUT2D eigenvalue weighted by molar-refractivity contribution is -0.145. The van der Waals surface area contributed by atoms with Crippen LogP contribution >= 0.6 is 0 Å². The van der Waals surface area contributed by atoms with Crippen molar-refractivity contribution >= 4 is 17.7 Å². The van der Waals surface area contributed by atoms with Crippen molar-refractivity contribution in [3.05, 3.63) is 0 Å². The molecule has 1 atom stereocenters. The Morgan fingerprint density at radius 2 is 2.07 bits per heavy atom. The van der Waals surface area contributed by atoms with E-state index in [1.54, 1.807) is 0 Å². The van der Waals surface area contributed by atoms with Crippen LogP contribution in [0.15, 0.2) is 0 Å². The van der Waals surface area contributed by atoms with Gasteiger partial charge in [0.2, 0.25) is 5.91 Å². The molecule has 0 radical (unpaired) electrons. The molecule has 0 spiro atoms. The van der Waals surface area contributed by atoms with Crippen molar-refractivity contribution in [2.24, 2.45) is 5.92 Å². The number of piperidine rings is 1. The Morgan fingerprint density at radius 1 is 1.40 bits per heavy atom. The quantitative estimate of drug-likeness (QED) is 0.684. The van der Waals surface area contributed by atoms with Gasteiger partial charge in [0.15, 0.2) is 0 Å². The lowest BCUT2D eigenvalue weighted by atomic mass is 9.98. The van der Waals surface area contributed by atoms with E-state index in [1.807, 2.05) is 0 Å². The van der Waals surface area contributed by atoms with Gasteiger partial charge < -0.3 is 10.0 Å². The van der Waals surface area contributed by atoms with Crippen LogP contribution in [-0.4, -0.2) is 40.8 Å². The lowest BCUT2D eigenvalue weighted by Gasteiger charge is -2.30. The molecular weight excluding hydrogens is 198 g/mol. The second-order valence-electron chi connectivity index (χ2n) is 3.90. The van der Waals surface area contributed by atoms with Crippen LogP contribution in [0.1, 0.15) is 26.2 Å². The van der Waals surface area contributed by atoms with Crippen LogP contribution in [0, 0.1) is 5.92 Å². The molecule has 0 aromatic carbocycles. The van der Waals surface area contributed by atoms with E-state index in [9.17, 15) is 14.4 Å². The van der Waals surface area contributed by atoms with Gasteiger partial charge in [0, 0.05) is 13.1 Å². The maximum Gasteiger partial charge on any atom is 0.308 e. The van der Waals surface area contributed by atoms with Crippen molar-refractivity contribution in [3.63, 3.8) is 0 Å². The first-order chi connectivity index (χ1) is 7.00. The molecule has 1 heterocycles. The summed E-state index contributed by atoms with van der Waals surface area (Å²) in [5, 5.41) is 8.81. The average molecular weight is 213 g/mol. The van der Waals surface area contributed by atoms with E-state index in [4.69, 9.17) is 5.11 Å². The van der Waals surface area contributed by atoms with Gasteiger partial charge in [-0.3, -0.25) is 14.4 Å². The molecule has 0 aromatic rings. The minimum Gasteiger partial charge on any atom is -0.481 e. The van der Waals surface area contributed by atoms with Crippen LogP contribution < -0.4 is 0 Å². The van der Waals surface area contributed by atoms with E-state index in [2.05, 4.69) is 0 Å². The summed E-state index contributed by atoms with van der Waals surface area (Å²) in [5.74, 6) is -1.78. The second-order valence-corrected chi connectivity index (χ2v) is 3.90. The highest BCUT2D eigenvalue weighted by Gasteiger charge is 2.28. The summed E-state index contributed by atoms with van der Waals surface area (Å²) in [6.07, 6.45) is 1.19. The number of carbonyl (C=O) groups is 3. The number of hydrogen-bond acceptors (Lipinski definition) is 3. The number of hydrogen-bond donors (Lipinski definition) is 1. The van der Waals surface area contributed by atoms with Crippen molar-refractivity contribution in [1.29, 1.82) is 0 Å². The van der Waals surface area contributed by atoms with E-state index >= 15 is 0 Å². The Balaban J connectivity index is 2.52. The van der Waals surface area contributed by atoms with Crippen LogP contribution in [-0.2, 0) is 14.4 Å². The number of carboxylic acid groups (broad SMARTS) is 1. The molecule has 1 aliphatic heterocycles. The fourth-order valence-electron chi connectivity index (χ4n) is 1.73. The van der Waals surface area contributed by atoms with Crippen molar-refractivity contribution < 1.29 is 19.5 Å². The zero-order valence-electron chi connectivity index (χ0n) is 8.73. The summed E-state index contributed by atoms with van der Waals surface area (Å²) >= 11 is 0. The standard InChI is InChI=1S/C10H15NO4/c1-7(12)5-9(13)11-4-2-3-8(6-11)10(14)15/h8H,2-6H2,1H3,(H,14,15). The predicted octanol–water partition coefficient (Wildman–Crippen LogP) is 0.289. The maximum absolute atomic E-state index is 11.5. The van der Waals surface area contributed by atoms with Gasteiger partial charge in [0.25, 0.3) is 0 Å². The molecule has 1 rings (SSSR count). The number of nitrogens with zero attached hydrogens (tertiary/aromatic N) is 1. The number of carbonyl (C=O) groups excluding carboxylic acids is 2. The van der Waals surface area contributed by atoms with Crippen LogP contribution in [0.5, 0.6) is 0 Å². The van der Waals surface area contributed by atoms with Crippen LogP contribution in [0.3, 0.4) is 0 Å². The Hall–Kier alpha value is -1.39. The highest BCUT2D eigenvalue weighted by atomic mass is 16.4. The molecule has 0 aliphatic carbocycles. The molecule has 1 N–H and O–H groups in total. The average Bonchev–Trinajstić information content (AvgIpc) is 2.17. The molecule has 0 bridgehead atoms. The molecule has 1 fully saturated rings. The number of rotatable bonds is 3. The molecule has 84 valence electrons. The van der Waals surface area contributed by atoms with Gasteiger partial charge in [-0.05, 0) is 19.8 Å². The third-order valence-electron chi connectivity index (χ3n) is 2.52. The van der Waals surface area contributed by atoms with Crippen molar-refractivity contribution in [2.45, 2.75) is 26.2 Å². The zero-order valence-corrected chi connectivity index (χ0v) is 8.73. The van der Waals surface area contributed by atoms with E-state index in [0.29, 0.717) is 19.4 Å². The number of aliphatic carboxylic acids is 1. The Morgan fingerprint density at radius 3 is 2.60 bits per heavy atom. The normalized spacial score (nSPS) is 21.1. The monoisotopic (exact) mass is 213 g/mol. The van der Waals surface area contributed by atoms with Crippen LogP contribution in [0.25, 0.3) is 0 Å². The summed E-state index contributed by atoms with van der Waals surface area (Å²) in [4.78, 5) is 34.5. The number of likely N-dealkylation sites (tertiary alicyclic amines) is 1. The summed E-state index contributed by atoms with van der Waals surface area (Å²) in [6, 6.07) is 0. The Kier molecular flexibility index (Phi) is 3.82. The maximum atomic E-state index is 11.5. The molecule has 1 unspecified atom stereocenters. The van der Waals surface area contributed by atoms with Gasteiger partial charge in [-0.15, -0.1) is 0 Å². The number of carboxylic acids is 1. The van der Waals surface area contributed by atoms with E-state index in [1.165, 1.54) is 11.8 Å². The van der Waals surface area contributed by atoms with E-state index < -0.39 is 11.9 Å². The van der Waals surface area contributed by atoms with Gasteiger partial charge in [-0.1, -0.05) is 0 Å². The molecule has 5 nitrogen and oxygen atoms in total. The van der Waals surface area contributed by atoms with Gasteiger partial charge >= 0.3 is 5.97 Å². The third kappa shape index (κ3) is 3.34. The molecule has 1 saturated heterocycles. The van der Waals surface area contributed by atoms with Gasteiger partial charge in [0.05, 0.1) is 12.3 Å². The summed E-state index contributed by atoms with van der Waals surface area (Å²) < 4.78 is 0. The highest BCUT2D eigenvalue weighted by Crippen LogP contribution is 2.17. The van der Waals surface area contributed by atoms with Crippen molar-refractivity contribution in [1.82, 2.24) is 4.90 Å². The minimum atomic E-state index is -0.865. The number of Topliss-reactive ketones (excluding diaryl/α,β-unsaturated/α-hetero) is 1. The molecule has 1 aliphatic rings. The molecule has 1 amide bonds. The summed E-state index contributed by atoms with van der Waals surface area (Å²) in [5.41, 5.74) is 0. The first-order valence-electron chi connectivity index (χ1n) is 5.00. The fourth-order valence-corrected chi connectivity index (χ4v) is 1.73. The first kappa shape index (κ1) is 11.7. The Bertz CT molecular complexity index is 287. The smallest absolute Gasteiger partial charge is 0.308 e. The first-order valence-corrected chi connectivity index (χ1v) is 5.00. The van der Waals surface area contributed by atoms with E-state index in [0.717, 1.165) is 0 Å². The van der Waals surface area contributed by atoms with Gasteiger partial charge in [0.1, 0.15) is 5.78 Å².